The second-order valence-corrected chi connectivity index (χ2v) is 6.02. The first-order chi connectivity index (χ1) is 13.0. The first kappa shape index (κ1) is 18.3. The monoisotopic (exact) mass is 381 g/mol. The van der Waals surface area contributed by atoms with E-state index < -0.39 is 5.91 Å². The Hall–Kier alpha value is -3.45. The lowest BCUT2D eigenvalue weighted by molar-refractivity contribution is -0.114. The maximum absolute atomic E-state index is 12.3. The number of amides is 2. The van der Waals surface area contributed by atoms with Gasteiger partial charge in [-0.3, -0.25) is 9.59 Å². The van der Waals surface area contributed by atoms with Crippen molar-refractivity contribution in [3.05, 3.63) is 71.6 Å². The van der Waals surface area contributed by atoms with Gasteiger partial charge >= 0.3 is 0 Å². The predicted octanol–water partition coefficient (Wildman–Crippen LogP) is 4.08. The Bertz CT molecular complexity index is 976. The van der Waals surface area contributed by atoms with Gasteiger partial charge in [-0.25, -0.2) is 9.97 Å². The molecule has 0 saturated heterocycles. The Morgan fingerprint density at radius 2 is 1.70 bits per heavy atom. The molecule has 0 unspecified atom stereocenters. The van der Waals surface area contributed by atoms with Gasteiger partial charge in [-0.15, -0.1) is 0 Å². The molecule has 0 fully saturated rings. The van der Waals surface area contributed by atoms with Gasteiger partial charge in [-0.2, -0.15) is 0 Å². The molecule has 0 aliphatic heterocycles. The van der Waals surface area contributed by atoms with Crippen LogP contribution in [0, 0.1) is 0 Å². The van der Waals surface area contributed by atoms with Gasteiger partial charge in [0.2, 0.25) is 5.91 Å². The highest BCUT2D eigenvalue weighted by molar-refractivity contribution is 6.33. The van der Waals surface area contributed by atoms with Crippen molar-refractivity contribution >= 4 is 46.3 Å². The molecule has 0 atom stereocenters. The molecule has 0 spiro atoms. The van der Waals surface area contributed by atoms with Crippen molar-refractivity contribution in [3.8, 4) is 0 Å². The molecular formula is C19H16ClN5O2. The fourth-order valence-electron chi connectivity index (χ4n) is 2.28. The van der Waals surface area contributed by atoms with Crippen molar-refractivity contribution in [2.75, 3.05) is 16.0 Å². The first-order valence-electron chi connectivity index (χ1n) is 8.04. The van der Waals surface area contributed by atoms with Crippen molar-refractivity contribution in [1.82, 2.24) is 9.97 Å². The lowest BCUT2D eigenvalue weighted by atomic mass is 10.2. The van der Waals surface area contributed by atoms with Crippen LogP contribution in [0.5, 0.6) is 0 Å². The van der Waals surface area contributed by atoms with Crippen LogP contribution in [0.2, 0.25) is 5.02 Å². The molecule has 2 amide bonds. The largest absolute Gasteiger partial charge is 0.339 e. The molecule has 3 N–H and O–H groups in total. The molecule has 3 rings (SSSR count). The third kappa shape index (κ3) is 5.02. The van der Waals surface area contributed by atoms with Gasteiger partial charge in [0.15, 0.2) is 0 Å². The maximum atomic E-state index is 12.3. The molecule has 27 heavy (non-hydrogen) atoms. The van der Waals surface area contributed by atoms with Gasteiger partial charge in [0.25, 0.3) is 5.91 Å². The van der Waals surface area contributed by atoms with Crippen LogP contribution in [-0.4, -0.2) is 21.8 Å². The third-order valence-electron chi connectivity index (χ3n) is 3.46. The van der Waals surface area contributed by atoms with E-state index in [1.807, 2.05) is 6.07 Å². The van der Waals surface area contributed by atoms with Crippen LogP contribution in [0.3, 0.4) is 0 Å². The highest BCUT2D eigenvalue weighted by Crippen LogP contribution is 2.21. The molecule has 0 radical (unpaired) electrons. The van der Waals surface area contributed by atoms with Crippen molar-refractivity contribution in [2.24, 2.45) is 0 Å². The van der Waals surface area contributed by atoms with Crippen molar-refractivity contribution in [3.63, 3.8) is 0 Å². The summed E-state index contributed by atoms with van der Waals surface area (Å²) in [6.07, 6.45) is 2.82. The third-order valence-corrected chi connectivity index (χ3v) is 3.79. The van der Waals surface area contributed by atoms with E-state index in [2.05, 4.69) is 25.9 Å². The van der Waals surface area contributed by atoms with Gasteiger partial charge in [-0.1, -0.05) is 29.8 Å². The zero-order valence-electron chi connectivity index (χ0n) is 14.4. The summed E-state index contributed by atoms with van der Waals surface area (Å²) >= 11 is 6.03. The first-order valence-corrected chi connectivity index (χ1v) is 8.41. The lowest BCUT2D eigenvalue weighted by Gasteiger charge is -2.09. The molecule has 3 aromatic rings. The zero-order chi connectivity index (χ0) is 19.2. The quantitative estimate of drug-likeness (QED) is 0.618. The average Bonchev–Trinajstić information content (AvgIpc) is 2.64. The number of halogens is 1. The highest BCUT2D eigenvalue weighted by atomic mass is 35.5. The molecule has 1 aromatic heterocycles. The molecule has 0 saturated carbocycles. The summed E-state index contributed by atoms with van der Waals surface area (Å²) < 4.78 is 0. The summed E-state index contributed by atoms with van der Waals surface area (Å²) in [6, 6.07) is 14.1. The SMILES string of the molecule is CC(=O)Nc1cccc(Nc2cnc(C(=O)Nc3ccccc3Cl)cn2)c1. The van der Waals surface area contributed by atoms with E-state index in [4.69, 9.17) is 11.6 Å². The fraction of sp³-hybridized carbons (Fsp3) is 0.0526. The standard InChI is InChI=1S/C19H16ClN5O2/c1-12(26)23-13-5-4-6-14(9-13)24-18-11-21-17(10-22-18)19(27)25-16-8-3-2-7-15(16)20/h2-11H,1H3,(H,22,24)(H,23,26)(H,25,27). The number of hydrogen-bond acceptors (Lipinski definition) is 5. The van der Waals surface area contributed by atoms with E-state index in [-0.39, 0.29) is 11.6 Å². The summed E-state index contributed by atoms with van der Waals surface area (Å²) in [4.78, 5) is 31.7. The maximum Gasteiger partial charge on any atom is 0.275 e. The van der Waals surface area contributed by atoms with Gasteiger partial charge in [0.05, 0.1) is 23.1 Å². The Labute approximate surface area is 160 Å². The Kier molecular flexibility index (Phi) is 5.63. The molecule has 8 heteroatoms. The van der Waals surface area contributed by atoms with Crippen LogP contribution in [0.15, 0.2) is 60.9 Å². The van der Waals surface area contributed by atoms with E-state index in [1.165, 1.54) is 19.3 Å². The number of nitrogens with one attached hydrogen (secondary N) is 3. The summed E-state index contributed by atoms with van der Waals surface area (Å²) in [5, 5.41) is 8.90. The molecule has 0 aliphatic carbocycles. The van der Waals surface area contributed by atoms with Crippen LogP contribution in [-0.2, 0) is 4.79 Å². The number of para-hydroxylation sites is 1. The van der Waals surface area contributed by atoms with Crippen LogP contribution in [0.4, 0.5) is 22.9 Å². The highest BCUT2D eigenvalue weighted by Gasteiger charge is 2.10. The fourth-order valence-corrected chi connectivity index (χ4v) is 2.47. The number of anilines is 4. The van der Waals surface area contributed by atoms with Gasteiger partial charge < -0.3 is 16.0 Å². The number of aromatic nitrogens is 2. The molecule has 136 valence electrons. The summed E-state index contributed by atoms with van der Waals surface area (Å²) in [5.41, 5.74) is 2.05. The molecular weight excluding hydrogens is 366 g/mol. The van der Waals surface area contributed by atoms with Crippen molar-refractivity contribution < 1.29 is 9.59 Å². The summed E-state index contributed by atoms with van der Waals surface area (Å²) in [7, 11) is 0. The van der Waals surface area contributed by atoms with Crippen LogP contribution >= 0.6 is 11.6 Å². The lowest BCUT2D eigenvalue weighted by Crippen LogP contribution is -2.14. The predicted molar refractivity (Wildman–Crippen MR) is 105 cm³/mol. The van der Waals surface area contributed by atoms with E-state index in [0.29, 0.717) is 22.2 Å². The van der Waals surface area contributed by atoms with Crippen LogP contribution in [0.25, 0.3) is 0 Å². The van der Waals surface area contributed by atoms with E-state index >= 15 is 0 Å². The topological polar surface area (TPSA) is 96.0 Å². The number of rotatable bonds is 5. The second-order valence-electron chi connectivity index (χ2n) is 5.61. The average molecular weight is 382 g/mol. The van der Waals surface area contributed by atoms with E-state index in [0.717, 1.165) is 5.69 Å². The number of hydrogen-bond donors (Lipinski definition) is 3. The smallest absolute Gasteiger partial charge is 0.275 e. The Morgan fingerprint density at radius 1 is 0.926 bits per heavy atom. The van der Waals surface area contributed by atoms with Crippen molar-refractivity contribution in [2.45, 2.75) is 6.92 Å². The minimum atomic E-state index is -0.408. The molecule has 0 aliphatic rings. The number of benzene rings is 2. The normalized spacial score (nSPS) is 10.1. The molecule has 2 aromatic carbocycles. The summed E-state index contributed by atoms with van der Waals surface area (Å²) in [6.45, 7) is 1.44. The minimum absolute atomic E-state index is 0.152. The zero-order valence-corrected chi connectivity index (χ0v) is 15.1. The molecule has 7 nitrogen and oxygen atoms in total. The van der Waals surface area contributed by atoms with Crippen LogP contribution < -0.4 is 16.0 Å². The molecule has 1 heterocycles. The second kappa shape index (κ2) is 8.29. The Morgan fingerprint density at radius 3 is 2.41 bits per heavy atom. The van der Waals surface area contributed by atoms with Crippen molar-refractivity contribution in [1.29, 1.82) is 0 Å². The minimum Gasteiger partial charge on any atom is -0.339 e. The van der Waals surface area contributed by atoms with Gasteiger partial charge in [-0.05, 0) is 30.3 Å². The number of carbonyl (C=O) groups excluding carboxylic acids is 2. The number of nitrogens with zero attached hydrogens (tertiary/aromatic N) is 2. The van der Waals surface area contributed by atoms with Gasteiger partial charge in [0, 0.05) is 18.3 Å². The molecule has 0 bridgehead atoms. The van der Waals surface area contributed by atoms with E-state index in [9.17, 15) is 9.59 Å². The number of carbonyl (C=O) groups is 2. The summed E-state index contributed by atoms with van der Waals surface area (Å²) in [5.74, 6) is -0.0973. The van der Waals surface area contributed by atoms with Crippen LogP contribution in [0.1, 0.15) is 17.4 Å². The Balaban J connectivity index is 1.67. The van der Waals surface area contributed by atoms with Gasteiger partial charge in [0.1, 0.15) is 11.5 Å². The van der Waals surface area contributed by atoms with E-state index in [1.54, 1.807) is 42.5 Å².